The predicted octanol–water partition coefficient (Wildman–Crippen LogP) is -0.106. The van der Waals surface area contributed by atoms with Gasteiger partial charge in [-0.1, -0.05) is 12.1 Å². The van der Waals surface area contributed by atoms with Gasteiger partial charge in [0.2, 0.25) is 5.91 Å². The number of urea groups is 1. The van der Waals surface area contributed by atoms with Crippen molar-refractivity contribution in [2.75, 3.05) is 25.0 Å². The Kier molecular flexibility index (Phi) is 3.02. The second kappa shape index (κ2) is 4.84. The van der Waals surface area contributed by atoms with Crippen LogP contribution in [0.25, 0.3) is 0 Å². The summed E-state index contributed by atoms with van der Waals surface area (Å²) in [5, 5.41) is 8.25. The van der Waals surface area contributed by atoms with Crippen molar-refractivity contribution in [3.05, 3.63) is 29.3 Å². The van der Waals surface area contributed by atoms with Crippen molar-refractivity contribution in [2.45, 2.75) is 6.54 Å². The number of anilines is 1. The third kappa shape index (κ3) is 2.07. The van der Waals surface area contributed by atoms with Crippen molar-refractivity contribution in [1.82, 2.24) is 15.5 Å². The molecule has 4 amide bonds. The molecule has 0 spiro atoms. The highest BCUT2D eigenvalue weighted by Gasteiger charge is 2.27. The molecule has 7 nitrogen and oxygen atoms in total. The van der Waals surface area contributed by atoms with Crippen molar-refractivity contribution in [3.63, 3.8) is 0 Å². The minimum Gasteiger partial charge on any atom is -0.375 e. The Bertz CT molecular complexity index is 599. The van der Waals surface area contributed by atoms with E-state index in [1.807, 2.05) is 12.1 Å². The summed E-state index contributed by atoms with van der Waals surface area (Å²) in [6.45, 7) is 1.35. The second-order valence-electron chi connectivity index (χ2n) is 4.65. The summed E-state index contributed by atoms with van der Waals surface area (Å²) in [6, 6.07) is 5.08. The number of fused-ring (bicyclic) bond motifs is 1. The minimum atomic E-state index is -0.368. The molecule has 7 heteroatoms. The molecule has 104 valence electrons. The Labute approximate surface area is 115 Å². The predicted molar refractivity (Wildman–Crippen MR) is 71.2 cm³/mol. The van der Waals surface area contributed by atoms with Gasteiger partial charge in [-0.2, -0.15) is 0 Å². The molecule has 0 aromatic heterocycles. The first-order valence-electron chi connectivity index (χ1n) is 6.39. The second-order valence-corrected chi connectivity index (χ2v) is 4.65. The van der Waals surface area contributed by atoms with Crippen LogP contribution < -0.4 is 16.0 Å². The quantitative estimate of drug-likeness (QED) is 0.717. The molecule has 2 aliphatic rings. The van der Waals surface area contributed by atoms with Gasteiger partial charge in [-0.3, -0.25) is 14.5 Å². The number of nitrogens with zero attached hydrogens (tertiary/aromatic N) is 1. The van der Waals surface area contributed by atoms with Crippen LogP contribution in [0.4, 0.5) is 10.5 Å². The maximum atomic E-state index is 11.9. The van der Waals surface area contributed by atoms with Crippen molar-refractivity contribution < 1.29 is 14.4 Å². The van der Waals surface area contributed by atoms with Crippen LogP contribution in [-0.2, 0) is 11.3 Å². The molecule has 1 saturated heterocycles. The van der Waals surface area contributed by atoms with Crippen molar-refractivity contribution in [1.29, 1.82) is 0 Å². The smallest absolute Gasteiger partial charge is 0.324 e. The first kappa shape index (κ1) is 12.5. The molecule has 0 aliphatic carbocycles. The fourth-order valence-electron chi connectivity index (χ4n) is 2.40. The molecule has 2 aliphatic heterocycles. The zero-order valence-corrected chi connectivity index (χ0v) is 10.7. The van der Waals surface area contributed by atoms with Crippen LogP contribution in [0.5, 0.6) is 0 Å². The van der Waals surface area contributed by atoms with Gasteiger partial charge in [-0.05, 0) is 11.6 Å². The monoisotopic (exact) mass is 274 g/mol. The number of rotatable bonds is 3. The third-order valence-corrected chi connectivity index (χ3v) is 3.41. The first-order chi connectivity index (χ1) is 9.66. The van der Waals surface area contributed by atoms with Crippen LogP contribution in [0.2, 0.25) is 0 Å². The fraction of sp³-hybridized carbons (Fsp3) is 0.308. The van der Waals surface area contributed by atoms with E-state index < -0.39 is 0 Å². The Morgan fingerprint density at radius 3 is 2.90 bits per heavy atom. The summed E-state index contributed by atoms with van der Waals surface area (Å²) in [4.78, 5) is 36.2. The van der Waals surface area contributed by atoms with E-state index >= 15 is 0 Å². The van der Waals surface area contributed by atoms with Crippen LogP contribution in [0, 0.1) is 0 Å². The topological polar surface area (TPSA) is 90.5 Å². The highest BCUT2D eigenvalue weighted by molar-refractivity contribution is 6.04. The summed E-state index contributed by atoms with van der Waals surface area (Å²) in [5.41, 5.74) is 2.10. The average molecular weight is 274 g/mol. The maximum Gasteiger partial charge on any atom is 0.324 e. The first-order valence-corrected chi connectivity index (χ1v) is 6.39. The molecule has 0 unspecified atom stereocenters. The Balaban J connectivity index is 1.70. The lowest BCUT2D eigenvalue weighted by molar-refractivity contribution is -0.125. The largest absolute Gasteiger partial charge is 0.375 e. The lowest BCUT2D eigenvalue weighted by Crippen LogP contribution is -2.38. The molecule has 0 radical (unpaired) electrons. The Morgan fingerprint density at radius 1 is 1.30 bits per heavy atom. The normalized spacial score (nSPS) is 16.7. The highest BCUT2D eigenvalue weighted by Crippen LogP contribution is 2.23. The van der Waals surface area contributed by atoms with Gasteiger partial charge in [0.1, 0.15) is 0 Å². The number of imide groups is 1. The molecule has 1 aromatic rings. The van der Waals surface area contributed by atoms with E-state index in [9.17, 15) is 14.4 Å². The van der Waals surface area contributed by atoms with Gasteiger partial charge < -0.3 is 16.0 Å². The SMILES string of the molecule is O=C1NCc2cccc(NCC(=O)N3CCNC3=O)c21. The van der Waals surface area contributed by atoms with Gasteiger partial charge in [0, 0.05) is 25.3 Å². The standard InChI is InChI=1S/C13H14N4O3/c18-10(17-5-4-14-13(17)20)7-15-9-3-1-2-8-6-16-12(19)11(8)9/h1-3,15H,4-7H2,(H,14,20)(H,16,19). The lowest BCUT2D eigenvalue weighted by atomic mass is 10.1. The van der Waals surface area contributed by atoms with Crippen LogP contribution in [0.1, 0.15) is 15.9 Å². The minimum absolute atomic E-state index is 0.0167. The van der Waals surface area contributed by atoms with Crippen molar-refractivity contribution in [2.24, 2.45) is 0 Å². The van der Waals surface area contributed by atoms with Gasteiger partial charge in [-0.25, -0.2) is 4.79 Å². The molecule has 0 saturated carbocycles. The van der Waals surface area contributed by atoms with E-state index in [-0.39, 0.29) is 24.4 Å². The van der Waals surface area contributed by atoms with Gasteiger partial charge in [0.05, 0.1) is 12.1 Å². The fourth-order valence-corrected chi connectivity index (χ4v) is 2.40. The van der Waals surface area contributed by atoms with Crippen molar-refractivity contribution in [3.8, 4) is 0 Å². The number of carbonyl (C=O) groups is 3. The van der Waals surface area contributed by atoms with Crippen molar-refractivity contribution >= 4 is 23.5 Å². The molecule has 20 heavy (non-hydrogen) atoms. The van der Waals surface area contributed by atoms with Crippen LogP contribution in [0.15, 0.2) is 18.2 Å². The van der Waals surface area contributed by atoms with E-state index in [0.29, 0.717) is 30.9 Å². The molecule has 3 rings (SSSR count). The summed E-state index contributed by atoms with van der Waals surface area (Å²) in [7, 11) is 0. The zero-order valence-electron chi connectivity index (χ0n) is 10.7. The highest BCUT2D eigenvalue weighted by atomic mass is 16.2. The average Bonchev–Trinajstić information content (AvgIpc) is 3.03. The summed E-state index contributed by atoms with van der Waals surface area (Å²) in [6.07, 6.45) is 0. The van der Waals surface area contributed by atoms with Gasteiger partial charge in [-0.15, -0.1) is 0 Å². The molecule has 0 bridgehead atoms. The van der Waals surface area contributed by atoms with Gasteiger partial charge in [0.25, 0.3) is 5.91 Å². The molecule has 1 aromatic carbocycles. The molecule has 3 N–H and O–H groups in total. The van der Waals surface area contributed by atoms with Crippen LogP contribution >= 0.6 is 0 Å². The van der Waals surface area contributed by atoms with Gasteiger partial charge in [0.15, 0.2) is 0 Å². The molecular formula is C13H14N4O3. The number of hydrogen-bond donors (Lipinski definition) is 3. The number of carbonyl (C=O) groups excluding carboxylic acids is 3. The summed E-state index contributed by atoms with van der Waals surface area (Å²) >= 11 is 0. The zero-order chi connectivity index (χ0) is 14.1. The number of hydrogen-bond acceptors (Lipinski definition) is 4. The maximum absolute atomic E-state index is 11.9. The molecule has 0 atom stereocenters. The number of nitrogens with one attached hydrogen (secondary N) is 3. The third-order valence-electron chi connectivity index (χ3n) is 3.41. The summed E-state index contributed by atoms with van der Waals surface area (Å²) in [5.74, 6) is -0.453. The lowest BCUT2D eigenvalue weighted by Gasteiger charge is -2.14. The van der Waals surface area contributed by atoms with Gasteiger partial charge >= 0.3 is 6.03 Å². The number of benzene rings is 1. The Morgan fingerprint density at radius 2 is 2.15 bits per heavy atom. The Hall–Kier alpha value is -2.57. The number of amides is 4. The van der Waals surface area contributed by atoms with Crippen LogP contribution in [-0.4, -0.2) is 42.4 Å². The van der Waals surface area contributed by atoms with E-state index in [1.54, 1.807) is 6.07 Å². The molecular weight excluding hydrogens is 260 g/mol. The summed E-state index contributed by atoms with van der Waals surface area (Å²) < 4.78 is 0. The van der Waals surface area contributed by atoms with E-state index in [2.05, 4.69) is 16.0 Å². The van der Waals surface area contributed by atoms with E-state index in [4.69, 9.17) is 0 Å². The van der Waals surface area contributed by atoms with E-state index in [0.717, 1.165) is 10.5 Å². The molecule has 2 heterocycles. The van der Waals surface area contributed by atoms with E-state index in [1.165, 1.54) is 0 Å². The molecule has 1 fully saturated rings. The van der Waals surface area contributed by atoms with Crippen LogP contribution in [0.3, 0.4) is 0 Å².